The maximum Gasteiger partial charge on any atom is 0.240 e. The quantitative estimate of drug-likeness (QED) is 0.562. The molecule has 108 valence electrons. The van der Waals surface area contributed by atoms with E-state index in [9.17, 15) is 8.42 Å². The second-order valence-electron chi connectivity index (χ2n) is 4.48. The van der Waals surface area contributed by atoms with Crippen molar-refractivity contribution in [3.63, 3.8) is 0 Å². The first-order chi connectivity index (χ1) is 8.97. The molecule has 3 N–H and O–H groups in total. The molecule has 0 radical (unpaired) electrons. The highest BCUT2D eigenvalue weighted by Gasteiger charge is 2.15. The number of hydrogen-bond acceptors (Lipinski definition) is 4. The number of sulfonamides is 1. The highest BCUT2D eigenvalue weighted by Crippen LogP contribution is 2.17. The topological polar surface area (TPSA) is 81.4 Å². The highest BCUT2D eigenvalue weighted by atomic mass is 32.2. The number of nitrogens with two attached hydrogens (primary N) is 1. The van der Waals surface area contributed by atoms with Gasteiger partial charge in [0.1, 0.15) is 0 Å². The summed E-state index contributed by atoms with van der Waals surface area (Å²) in [6, 6.07) is 4.80. The molecule has 1 rings (SSSR count). The van der Waals surface area contributed by atoms with Crippen LogP contribution in [0.3, 0.4) is 0 Å². The van der Waals surface area contributed by atoms with E-state index < -0.39 is 10.0 Å². The summed E-state index contributed by atoms with van der Waals surface area (Å²) >= 11 is 0. The Labute approximate surface area is 115 Å². The molecular weight excluding hydrogens is 264 g/mol. The molecule has 0 saturated carbocycles. The van der Waals surface area contributed by atoms with Gasteiger partial charge in [-0.2, -0.15) is 0 Å². The van der Waals surface area contributed by atoms with Gasteiger partial charge >= 0.3 is 0 Å². The zero-order chi connectivity index (χ0) is 14.3. The van der Waals surface area contributed by atoms with Crippen LogP contribution in [0.2, 0.25) is 0 Å². The highest BCUT2D eigenvalue weighted by molar-refractivity contribution is 7.89. The number of unbranched alkanes of at least 4 members (excludes halogenated alkanes) is 2. The van der Waals surface area contributed by atoms with Gasteiger partial charge in [-0.3, -0.25) is 0 Å². The maximum atomic E-state index is 12.1. The summed E-state index contributed by atoms with van der Waals surface area (Å²) in [6.07, 6.45) is 2.69. The van der Waals surface area contributed by atoms with Crippen LogP contribution in [0.4, 0.5) is 5.69 Å². The normalized spacial score (nSPS) is 11.7. The number of benzene rings is 1. The van der Waals surface area contributed by atoms with Gasteiger partial charge in [-0.25, -0.2) is 13.1 Å². The van der Waals surface area contributed by atoms with Crippen molar-refractivity contribution in [1.82, 2.24) is 4.72 Å². The largest absolute Gasteiger partial charge is 0.399 e. The Hall–Kier alpha value is -1.11. The van der Waals surface area contributed by atoms with Gasteiger partial charge in [-0.15, -0.1) is 0 Å². The van der Waals surface area contributed by atoms with Crippen LogP contribution in [0.25, 0.3) is 0 Å². The maximum absolute atomic E-state index is 12.1. The number of nitrogens with one attached hydrogen (secondary N) is 1. The predicted octanol–water partition coefficient (Wildman–Crippen LogP) is 1.67. The lowest BCUT2D eigenvalue weighted by atomic mass is 10.2. The third-order valence-corrected chi connectivity index (χ3v) is 4.43. The van der Waals surface area contributed by atoms with Crippen LogP contribution < -0.4 is 10.5 Å². The Kier molecular flexibility index (Phi) is 6.27. The second kappa shape index (κ2) is 7.47. The molecule has 0 atom stereocenters. The number of ether oxygens (including phenoxy) is 1. The lowest BCUT2D eigenvalue weighted by Gasteiger charge is -2.09. The smallest absolute Gasteiger partial charge is 0.240 e. The van der Waals surface area contributed by atoms with E-state index in [1.54, 1.807) is 26.2 Å². The van der Waals surface area contributed by atoms with Crippen molar-refractivity contribution in [3.05, 3.63) is 23.8 Å². The molecule has 0 saturated heterocycles. The van der Waals surface area contributed by atoms with Gasteiger partial charge in [0.25, 0.3) is 0 Å². The molecule has 0 bridgehead atoms. The Bertz CT molecular complexity index is 501. The number of anilines is 1. The third-order valence-electron chi connectivity index (χ3n) is 2.81. The summed E-state index contributed by atoms with van der Waals surface area (Å²) in [4.78, 5) is 0.290. The van der Waals surface area contributed by atoms with Gasteiger partial charge in [0.15, 0.2) is 0 Å². The molecule has 19 heavy (non-hydrogen) atoms. The molecule has 0 aliphatic carbocycles. The van der Waals surface area contributed by atoms with Crippen molar-refractivity contribution in [1.29, 1.82) is 0 Å². The minimum atomic E-state index is -3.44. The van der Waals surface area contributed by atoms with Gasteiger partial charge in [-0.1, -0.05) is 0 Å². The molecule has 0 fully saturated rings. The van der Waals surface area contributed by atoms with Crippen molar-refractivity contribution in [2.45, 2.75) is 31.1 Å². The summed E-state index contributed by atoms with van der Waals surface area (Å²) in [7, 11) is -1.78. The van der Waals surface area contributed by atoms with Gasteiger partial charge in [0.2, 0.25) is 10.0 Å². The van der Waals surface area contributed by atoms with E-state index >= 15 is 0 Å². The fraction of sp³-hybridized carbons (Fsp3) is 0.538. The molecule has 5 nitrogen and oxygen atoms in total. The molecule has 0 spiro atoms. The minimum absolute atomic E-state index is 0.290. The zero-order valence-electron chi connectivity index (χ0n) is 11.5. The first-order valence-corrected chi connectivity index (χ1v) is 7.80. The van der Waals surface area contributed by atoms with Crippen LogP contribution >= 0.6 is 0 Å². The molecule has 1 aromatic carbocycles. The molecule has 0 aliphatic heterocycles. The Morgan fingerprint density at radius 2 is 2.00 bits per heavy atom. The third kappa shape index (κ3) is 5.18. The van der Waals surface area contributed by atoms with Crippen molar-refractivity contribution in [2.75, 3.05) is 26.0 Å². The second-order valence-corrected chi connectivity index (χ2v) is 6.21. The average Bonchev–Trinajstić information content (AvgIpc) is 2.33. The summed E-state index contributed by atoms with van der Waals surface area (Å²) in [5.74, 6) is 0. The molecule has 0 heterocycles. The fourth-order valence-electron chi connectivity index (χ4n) is 1.81. The lowest BCUT2D eigenvalue weighted by Crippen LogP contribution is -2.25. The summed E-state index contributed by atoms with van der Waals surface area (Å²) < 4.78 is 31.7. The monoisotopic (exact) mass is 286 g/mol. The van der Waals surface area contributed by atoms with Crippen LogP contribution in [0.15, 0.2) is 23.1 Å². The predicted molar refractivity (Wildman–Crippen MR) is 76.5 cm³/mol. The molecule has 0 unspecified atom stereocenters. The van der Waals surface area contributed by atoms with E-state index in [1.165, 1.54) is 6.07 Å². The minimum Gasteiger partial charge on any atom is -0.399 e. The molecule has 1 aromatic rings. The number of rotatable bonds is 8. The van der Waals surface area contributed by atoms with Gasteiger partial charge in [0.05, 0.1) is 4.90 Å². The van der Waals surface area contributed by atoms with E-state index in [0.717, 1.165) is 19.3 Å². The molecule has 6 heteroatoms. The van der Waals surface area contributed by atoms with Crippen LogP contribution in [0.1, 0.15) is 24.8 Å². The van der Waals surface area contributed by atoms with Crippen molar-refractivity contribution < 1.29 is 13.2 Å². The summed E-state index contributed by atoms with van der Waals surface area (Å²) in [5, 5.41) is 0. The summed E-state index contributed by atoms with van der Waals surface area (Å²) in [6.45, 7) is 2.89. The summed E-state index contributed by atoms with van der Waals surface area (Å²) in [5.41, 5.74) is 6.84. The van der Waals surface area contributed by atoms with E-state index in [4.69, 9.17) is 10.5 Å². The molecule has 0 aliphatic rings. The van der Waals surface area contributed by atoms with Crippen LogP contribution in [-0.2, 0) is 14.8 Å². The Morgan fingerprint density at radius 1 is 1.26 bits per heavy atom. The molecule has 0 amide bonds. The lowest BCUT2D eigenvalue weighted by molar-refractivity contribution is 0.192. The fourth-order valence-corrected chi connectivity index (χ4v) is 3.11. The van der Waals surface area contributed by atoms with E-state index in [-0.39, 0.29) is 0 Å². The standard InChI is InChI=1S/C13H22N2O3S/c1-11-10-12(14)6-7-13(11)19(16,17)15-8-4-3-5-9-18-2/h6-7,10,15H,3-5,8-9,14H2,1-2H3. The zero-order valence-corrected chi connectivity index (χ0v) is 12.3. The number of hydrogen-bond donors (Lipinski definition) is 2. The molecule has 0 aromatic heterocycles. The number of methoxy groups -OCH3 is 1. The first kappa shape index (κ1) is 15.9. The van der Waals surface area contributed by atoms with Crippen LogP contribution in [0.5, 0.6) is 0 Å². The van der Waals surface area contributed by atoms with E-state index in [2.05, 4.69) is 4.72 Å². The molecular formula is C13H22N2O3S. The van der Waals surface area contributed by atoms with E-state index in [0.29, 0.717) is 29.3 Å². The first-order valence-electron chi connectivity index (χ1n) is 6.32. The Morgan fingerprint density at radius 3 is 2.63 bits per heavy atom. The van der Waals surface area contributed by atoms with Gasteiger partial charge in [0, 0.05) is 25.9 Å². The van der Waals surface area contributed by atoms with Crippen LogP contribution in [-0.4, -0.2) is 28.7 Å². The Balaban J connectivity index is 2.52. The van der Waals surface area contributed by atoms with Crippen molar-refractivity contribution in [2.24, 2.45) is 0 Å². The van der Waals surface area contributed by atoms with Crippen molar-refractivity contribution in [3.8, 4) is 0 Å². The van der Waals surface area contributed by atoms with E-state index in [1.807, 2.05) is 0 Å². The SMILES string of the molecule is COCCCCCNS(=O)(=O)c1ccc(N)cc1C. The van der Waals surface area contributed by atoms with Gasteiger partial charge < -0.3 is 10.5 Å². The average molecular weight is 286 g/mol. The van der Waals surface area contributed by atoms with Crippen molar-refractivity contribution >= 4 is 15.7 Å². The van der Waals surface area contributed by atoms with Gasteiger partial charge in [-0.05, 0) is 49.9 Å². The van der Waals surface area contributed by atoms with Crippen LogP contribution in [0, 0.1) is 6.92 Å². The number of nitrogen functional groups attached to an aromatic ring is 1. The number of aryl methyl sites for hydroxylation is 1.